The molecule has 1 N–H and O–H groups in total. The van der Waals surface area contributed by atoms with E-state index < -0.39 is 6.04 Å². The van der Waals surface area contributed by atoms with Crippen molar-refractivity contribution < 1.29 is 4.79 Å². The Balaban J connectivity index is 1.48. The predicted molar refractivity (Wildman–Crippen MR) is 149 cm³/mol. The summed E-state index contributed by atoms with van der Waals surface area (Å²) in [5, 5.41) is 9.63. The minimum atomic E-state index is -0.627. The molecule has 0 saturated carbocycles. The van der Waals surface area contributed by atoms with Crippen LogP contribution in [0.25, 0.3) is 22.2 Å². The van der Waals surface area contributed by atoms with Crippen molar-refractivity contribution in [3.63, 3.8) is 0 Å². The van der Waals surface area contributed by atoms with Gasteiger partial charge in [0.1, 0.15) is 17.1 Å². The van der Waals surface area contributed by atoms with Gasteiger partial charge < -0.3 is 5.32 Å². The van der Waals surface area contributed by atoms with Crippen LogP contribution in [-0.4, -0.2) is 35.0 Å². The molecule has 2 aromatic carbocycles. The number of aromatic nitrogens is 6. The standard InChI is InChI=1S/C29H21N7O2S/c1-18-24(27-30-14-7-15-35(27)34-18)28(37)32-19(2)26-33-23-11-6-8-20(12-13-21-16-39-17-31-21)25(23)29(38)36(26)22-9-4-3-5-10-22/h3-11,14-17,19H,1-2H3,(H,32,37)/t19-/m0/s1. The number of nitrogens with one attached hydrogen (secondary N) is 1. The second-order valence-electron chi connectivity index (χ2n) is 8.81. The Morgan fingerprint density at radius 1 is 1.05 bits per heavy atom. The summed E-state index contributed by atoms with van der Waals surface area (Å²) in [6.45, 7) is 3.56. The van der Waals surface area contributed by atoms with E-state index in [0.717, 1.165) is 0 Å². The van der Waals surface area contributed by atoms with E-state index >= 15 is 0 Å². The molecule has 6 rings (SSSR count). The number of fused-ring (bicyclic) bond motifs is 2. The highest BCUT2D eigenvalue weighted by Gasteiger charge is 2.24. The molecule has 6 aromatic rings. The third kappa shape index (κ3) is 4.45. The van der Waals surface area contributed by atoms with Gasteiger partial charge in [0.2, 0.25) is 0 Å². The molecule has 0 unspecified atom stereocenters. The lowest BCUT2D eigenvalue weighted by molar-refractivity contribution is 0.0938. The van der Waals surface area contributed by atoms with E-state index in [1.807, 2.05) is 41.8 Å². The Morgan fingerprint density at radius 3 is 2.69 bits per heavy atom. The highest BCUT2D eigenvalue weighted by atomic mass is 32.1. The summed E-state index contributed by atoms with van der Waals surface area (Å²) in [6.07, 6.45) is 3.35. The third-order valence-electron chi connectivity index (χ3n) is 6.23. The fourth-order valence-electron chi connectivity index (χ4n) is 4.47. The van der Waals surface area contributed by atoms with Crippen molar-refractivity contribution in [2.45, 2.75) is 19.9 Å². The first-order valence-corrected chi connectivity index (χ1v) is 13.1. The molecule has 0 aliphatic carbocycles. The van der Waals surface area contributed by atoms with E-state index in [4.69, 9.17) is 4.98 Å². The average molecular weight is 532 g/mol. The zero-order valence-electron chi connectivity index (χ0n) is 21.0. The summed E-state index contributed by atoms with van der Waals surface area (Å²) in [6, 6.07) is 15.7. The predicted octanol–water partition coefficient (Wildman–Crippen LogP) is 4.08. The normalized spacial score (nSPS) is 11.7. The number of hydrogen-bond donors (Lipinski definition) is 1. The van der Waals surface area contributed by atoms with Crippen LogP contribution in [0.1, 0.15) is 46.1 Å². The Kier molecular flexibility index (Phi) is 6.19. The van der Waals surface area contributed by atoms with Crippen LogP contribution in [0.5, 0.6) is 0 Å². The number of aryl methyl sites for hydroxylation is 1. The first-order valence-electron chi connectivity index (χ1n) is 12.1. The van der Waals surface area contributed by atoms with Crippen molar-refractivity contribution >= 4 is 33.8 Å². The molecule has 0 spiro atoms. The average Bonchev–Trinajstić information content (AvgIpc) is 3.59. The smallest absolute Gasteiger partial charge is 0.267 e. The van der Waals surface area contributed by atoms with Gasteiger partial charge in [-0.15, -0.1) is 11.3 Å². The lowest BCUT2D eigenvalue weighted by Crippen LogP contribution is -2.33. The minimum Gasteiger partial charge on any atom is -0.342 e. The first-order chi connectivity index (χ1) is 19.0. The molecule has 0 radical (unpaired) electrons. The number of benzene rings is 2. The van der Waals surface area contributed by atoms with E-state index in [2.05, 4.69) is 32.2 Å². The molecule has 1 amide bonds. The summed E-state index contributed by atoms with van der Waals surface area (Å²) < 4.78 is 3.10. The summed E-state index contributed by atoms with van der Waals surface area (Å²) in [5.41, 5.74) is 5.12. The molecule has 0 saturated heterocycles. The van der Waals surface area contributed by atoms with Crippen molar-refractivity contribution in [3.05, 3.63) is 117 Å². The lowest BCUT2D eigenvalue weighted by atomic mass is 10.1. The van der Waals surface area contributed by atoms with E-state index in [-0.39, 0.29) is 11.5 Å². The molecule has 0 aliphatic rings. The van der Waals surface area contributed by atoms with Gasteiger partial charge in [0, 0.05) is 23.3 Å². The molecule has 0 bridgehead atoms. The lowest BCUT2D eigenvalue weighted by Gasteiger charge is -2.20. The highest BCUT2D eigenvalue weighted by Crippen LogP contribution is 2.21. The van der Waals surface area contributed by atoms with E-state index in [0.29, 0.717) is 50.6 Å². The number of hydrogen-bond acceptors (Lipinski definition) is 7. The highest BCUT2D eigenvalue weighted by molar-refractivity contribution is 7.07. The van der Waals surface area contributed by atoms with Gasteiger partial charge in [-0.05, 0) is 50.1 Å². The van der Waals surface area contributed by atoms with Crippen LogP contribution in [0, 0.1) is 18.8 Å². The minimum absolute atomic E-state index is 0.278. The van der Waals surface area contributed by atoms with Crippen molar-refractivity contribution in [1.29, 1.82) is 0 Å². The maximum absolute atomic E-state index is 14.1. The van der Waals surface area contributed by atoms with E-state index in [1.165, 1.54) is 15.9 Å². The quantitative estimate of drug-likeness (QED) is 0.344. The number of nitrogens with zero attached hydrogens (tertiary/aromatic N) is 6. The summed E-state index contributed by atoms with van der Waals surface area (Å²) in [4.78, 5) is 40.9. The SMILES string of the molecule is Cc1nn2cccnc2c1C(=O)N[C@@H](C)c1nc2cccc(C#Cc3cscn3)c2c(=O)n1-c1ccccc1. The largest absolute Gasteiger partial charge is 0.342 e. The zero-order valence-corrected chi connectivity index (χ0v) is 21.8. The van der Waals surface area contributed by atoms with Gasteiger partial charge in [0.15, 0.2) is 5.65 Å². The molecule has 0 aliphatic heterocycles. The zero-order chi connectivity index (χ0) is 26.9. The van der Waals surface area contributed by atoms with Gasteiger partial charge in [-0.25, -0.2) is 19.5 Å². The molecule has 4 aromatic heterocycles. The number of amides is 1. The number of carbonyl (C=O) groups is 1. The second-order valence-corrected chi connectivity index (χ2v) is 9.53. The molecule has 1 atom stereocenters. The van der Waals surface area contributed by atoms with E-state index in [1.54, 1.807) is 54.5 Å². The maximum atomic E-state index is 14.1. The van der Waals surface area contributed by atoms with Gasteiger partial charge in [0.05, 0.1) is 33.8 Å². The Morgan fingerprint density at radius 2 is 1.90 bits per heavy atom. The van der Waals surface area contributed by atoms with Crippen LogP contribution >= 0.6 is 11.3 Å². The van der Waals surface area contributed by atoms with Crippen molar-refractivity contribution in [2.75, 3.05) is 0 Å². The third-order valence-corrected chi connectivity index (χ3v) is 6.81. The molecule has 0 fully saturated rings. The van der Waals surface area contributed by atoms with Crippen LogP contribution in [0.3, 0.4) is 0 Å². The topological polar surface area (TPSA) is 107 Å². The van der Waals surface area contributed by atoms with Crippen molar-refractivity contribution in [3.8, 4) is 17.5 Å². The fraction of sp³-hybridized carbons (Fsp3) is 0.103. The number of carbonyl (C=O) groups excluding carboxylic acids is 1. The first kappa shape index (κ1) is 24.2. The Hall–Kier alpha value is -5.14. The van der Waals surface area contributed by atoms with Crippen LogP contribution in [-0.2, 0) is 0 Å². The van der Waals surface area contributed by atoms with Gasteiger partial charge in [0.25, 0.3) is 11.5 Å². The van der Waals surface area contributed by atoms with E-state index in [9.17, 15) is 9.59 Å². The van der Waals surface area contributed by atoms with Crippen LogP contribution in [0.2, 0.25) is 0 Å². The van der Waals surface area contributed by atoms with Crippen LogP contribution in [0.15, 0.2) is 82.7 Å². The number of rotatable bonds is 4. The molecule has 190 valence electrons. The van der Waals surface area contributed by atoms with Gasteiger partial charge in [-0.3, -0.25) is 14.2 Å². The van der Waals surface area contributed by atoms with Gasteiger partial charge in [-0.1, -0.05) is 30.2 Å². The molecule has 4 heterocycles. The Labute approximate surface area is 226 Å². The number of para-hydroxylation sites is 1. The molecule has 9 nitrogen and oxygen atoms in total. The molecule has 10 heteroatoms. The van der Waals surface area contributed by atoms with Gasteiger partial charge >= 0.3 is 0 Å². The molecular formula is C29H21N7O2S. The second kappa shape index (κ2) is 9.96. The monoisotopic (exact) mass is 531 g/mol. The summed E-state index contributed by atoms with van der Waals surface area (Å²) in [5.74, 6) is 6.14. The molecular weight excluding hydrogens is 510 g/mol. The summed E-state index contributed by atoms with van der Waals surface area (Å²) in [7, 11) is 0. The van der Waals surface area contributed by atoms with Crippen molar-refractivity contribution in [1.82, 2.24) is 34.4 Å². The maximum Gasteiger partial charge on any atom is 0.267 e. The Bertz CT molecular complexity index is 1970. The van der Waals surface area contributed by atoms with Crippen LogP contribution in [0.4, 0.5) is 0 Å². The van der Waals surface area contributed by atoms with Gasteiger partial charge in [-0.2, -0.15) is 5.10 Å². The van der Waals surface area contributed by atoms with Crippen molar-refractivity contribution in [2.24, 2.45) is 0 Å². The van der Waals surface area contributed by atoms with Crippen LogP contribution < -0.4 is 10.9 Å². The molecule has 39 heavy (non-hydrogen) atoms. The summed E-state index contributed by atoms with van der Waals surface area (Å²) >= 11 is 1.46. The number of thiazole rings is 1. The fourth-order valence-corrected chi connectivity index (χ4v) is 4.95.